The number of hydrogen-bond donors (Lipinski definition) is 1. The number of carbonyl (C=O) groups excluding carboxylic acids is 1. The van der Waals surface area contributed by atoms with Crippen LogP contribution in [0.2, 0.25) is 0 Å². The maximum atomic E-state index is 12.2. The molecule has 1 aromatic heterocycles. The van der Waals surface area contributed by atoms with Gasteiger partial charge in [0.2, 0.25) is 0 Å². The summed E-state index contributed by atoms with van der Waals surface area (Å²) in [6.45, 7) is 4.41. The summed E-state index contributed by atoms with van der Waals surface area (Å²) in [5, 5.41) is 7.20. The first-order chi connectivity index (χ1) is 10.6. The molecule has 0 saturated heterocycles. The summed E-state index contributed by atoms with van der Waals surface area (Å²) in [5.41, 5.74) is 4.18. The van der Waals surface area contributed by atoms with Crippen LogP contribution in [0.25, 0.3) is 0 Å². The molecule has 0 spiro atoms. The maximum Gasteiger partial charge on any atom is 0.269 e. The minimum Gasteiger partial charge on any atom is -0.370 e. The summed E-state index contributed by atoms with van der Waals surface area (Å²) in [5.74, 6) is -0.0617. The van der Waals surface area contributed by atoms with E-state index in [9.17, 15) is 4.79 Å². The number of rotatable bonds is 4. The zero-order valence-corrected chi connectivity index (χ0v) is 13.2. The average Bonchev–Trinajstić information content (AvgIpc) is 2.86. The third kappa shape index (κ3) is 2.98. The largest absolute Gasteiger partial charge is 0.370 e. The Morgan fingerprint density at radius 3 is 2.95 bits per heavy atom. The highest BCUT2D eigenvalue weighted by Crippen LogP contribution is 2.25. The Labute approximate surface area is 130 Å². The molecule has 5 heteroatoms. The molecule has 0 unspecified atom stereocenters. The predicted molar refractivity (Wildman–Crippen MR) is 87.3 cm³/mol. The third-order valence-corrected chi connectivity index (χ3v) is 4.11. The molecular formula is C17H22N4O. The summed E-state index contributed by atoms with van der Waals surface area (Å²) in [4.78, 5) is 14.5. The normalized spacial score (nSPS) is 13.8. The molecule has 2 heterocycles. The first kappa shape index (κ1) is 14.6. The van der Waals surface area contributed by atoms with Gasteiger partial charge < -0.3 is 10.2 Å². The number of amides is 1. The standard InChI is InChI=1S/C17H22N4O/c1-13-12-16(20(2)19-13)17(22)18-9-11-21-10-5-7-14-6-3-4-8-15(14)21/h3-4,6,8,12H,5,7,9-11H2,1-2H3,(H,18,22). The lowest BCUT2D eigenvalue weighted by atomic mass is 10.0. The quantitative estimate of drug-likeness (QED) is 0.938. The monoisotopic (exact) mass is 298 g/mol. The number of nitrogens with one attached hydrogen (secondary N) is 1. The Morgan fingerprint density at radius 1 is 1.36 bits per heavy atom. The summed E-state index contributed by atoms with van der Waals surface area (Å²) in [6, 6.07) is 10.3. The lowest BCUT2D eigenvalue weighted by Crippen LogP contribution is -2.38. The van der Waals surface area contributed by atoms with E-state index >= 15 is 0 Å². The topological polar surface area (TPSA) is 50.2 Å². The molecule has 3 rings (SSSR count). The highest BCUT2D eigenvalue weighted by atomic mass is 16.2. The number of para-hydroxylation sites is 1. The minimum absolute atomic E-state index is 0.0617. The van der Waals surface area contributed by atoms with Crippen molar-refractivity contribution in [1.29, 1.82) is 0 Å². The van der Waals surface area contributed by atoms with E-state index in [1.807, 2.05) is 13.0 Å². The third-order valence-electron chi connectivity index (χ3n) is 4.11. The zero-order valence-electron chi connectivity index (χ0n) is 13.2. The SMILES string of the molecule is Cc1cc(C(=O)NCCN2CCCc3ccccc32)n(C)n1. The van der Waals surface area contributed by atoms with Crippen LogP contribution >= 0.6 is 0 Å². The number of carbonyl (C=O) groups is 1. The second-order valence-electron chi connectivity index (χ2n) is 5.77. The van der Waals surface area contributed by atoms with E-state index in [-0.39, 0.29) is 5.91 Å². The van der Waals surface area contributed by atoms with Crippen molar-refractivity contribution in [3.05, 3.63) is 47.3 Å². The lowest BCUT2D eigenvalue weighted by Gasteiger charge is -2.31. The molecule has 1 aliphatic heterocycles. The number of anilines is 1. The minimum atomic E-state index is -0.0617. The van der Waals surface area contributed by atoms with Crippen LogP contribution in [0.3, 0.4) is 0 Å². The number of hydrogen-bond acceptors (Lipinski definition) is 3. The van der Waals surface area contributed by atoms with Crippen LogP contribution in [-0.2, 0) is 13.5 Å². The molecule has 0 aliphatic carbocycles. The zero-order chi connectivity index (χ0) is 15.5. The fourth-order valence-electron chi connectivity index (χ4n) is 3.06. The summed E-state index contributed by atoms with van der Waals surface area (Å²) < 4.78 is 1.63. The number of fused-ring (bicyclic) bond motifs is 1. The van der Waals surface area contributed by atoms with E-state index in [2.05, 4.69) is 39.6 Å². The van der Waals surface area contributed by atoms with Gasteiger partial charge in [0.05, 0.1) is 5.69 Å². The van der Waals surface area contributed by atoms with Crippen molar-refractivity contribution in [2.75, 3.05) is 24.5 Å². The van der Waals surface area contributed by atoms with Gasteiger partial charge in [-0.15, -0.1) is 0 Å². The van der Waals surface area contributed by atoms with Gasteiger partial charge in [0.15, 0.2) is 0 Å². The van der Waals surface area contributed by atoms with Crippen LogP contribution in [0.15, 0.2) is 30.3 Å². The Kier molecular flexibility index (Phi) is 4.13. The van der Waals surface area contributed by atoms with E-state index in [0.29, 0.717) is 12.2 Å². The molecule has 0 fully saturated rings. The summed E-state index contributed by atoms with van der Waals surface area (Å²) in [6.07, 6.45) is 2.32. The molecule has 0 saturated carbocycles. The second-order valence-corrected chi connectivity index (χ2v) is 5.77. The number of nitrogens with zero attached hydrogens (tertiary/aromatic N) is 3. The Hall–Kier alpha value is -2.30. The van der Waals surface area contributed by atoms with Gasteiger partial charge in [-0.25, -0.2) is 0 Å². The van der Waals surface area contributed by atoms with Crippen molar-refractivity contribution >= 4 is 11.6 Å². The van der Waals surface area contributed by atoms with E-state index in [4.69, 9.17) is 0 Å². The van der Waals surface area contributed by atoms with Crippen molar-refractivity contribution in [1.82, 2.24) is 15.1 Å². The lowest BCUT2D eigenvalue weighted by molar-refractivity contribution is 0.0945. The van der Waals surface area contributed by atoms with E-state index in [1.54, 1.807) is 11.7 Å². The Morgan fingerprint density at radius 2 is 2.18 bits per heavy atom. The molecule has 2 aromatic rings. The molecular weight excluding hydrogens is 276 g/mol. The van der Waals surface area contributed by atoms with Gasteiger partial charge in [0.25, 0.3) is 5.91 Å². The van der Waals surface area contributed by atoms with Crippen molar-refractivity contribution in [2.45, 2.75) is 19.8 Å². The highest BCUT2D eigenvalue weighted by molar-refractivity contribution is 5.92. The van der Waals surface area contributed by atoms with Crippen molar-refractivity contribution in [2.24, 2.45) is 7.05 Å². The molecule has 5 nitrogen and oxygen atoms in total. The van der Waals surface area contributed by atoms with Gasteiger partial charge >= 0.3 is 0 Å². The van der Waals surface area contributed by atoms with Crippen LogP contribution in [-0.4, -0.2) is 35.3 Å². The second kappa shape index (κ2) is 6.22. The molecule has 0 atom stereocenters. The first-order valence-electron chi connectivity index (χ1n) is 7.77. The van der Waals surface area contributed by atoms with Crippen LogP contribution in [0, 0.1) is 6.92 Å². The van der Waals surface area contributed by atoms with Crippen LogP contribution in [0.1, 0.15) is 28.2 Å². The highest BCUT2D eigenvalue weighted by Gasteiger charge is 2.16. The molecule has 116 valence electrons. The smallest absolute Gasteiger partial charge is 0.269 e. The molecule has 22 heavy (non-hydrogen) atoms. The van der Waals surface area contributed by atoms with Crippen molar-refractivity contribution < 1.29 is 4.79 Å². The number of aryl methyl sites for hydroxylation is 3. The van der Waals surface area contributed by atoms with E-state index < -0.39 is 0 Å². The van der Waals surface area contributed by atoms with Gasteiger partial charge in [-0.1, -0.05) is 18.2 Å². The van der Waals surface area contributed by atoms with Crippen molar-refractivity contribution in [3.8, 4) is 0 Å². The predicted octanol–water partition coefficient (Wildman–Crippen LogP) is 1.91. The van der Waals surface area contributed by atoms with Gasteiger partial charge in [-0.05, 0) is 37.5 Å². The summed E-state index contributed by atoms with van der Waals surface area (Å²) >= 11 is 0. The van der Waals surface area contributed by atoms with Crippen LogP contribution < -0.4 is 10.2 Å². The fourth-order valence-corrected chi connectivity index (χ4v) is 3.06. The summed E-state index contributed by atoms with van der Waals surface area (Å²) in [7, 11) is 1.79. The molecule has 1 N–H and O–H groups in total. The van der Waals surface area contributed by atoms with Gasteiger partial charge in [-0.2, -0.15) is 5.10 Å². The van der Waals surface area contributed by atoms with Gasteiger partial charge in [0.1, 0.15) is 5.69 Å². The Bertz CT molecular complexity index is 677. The molecule has 0 radical (unpaired) electrons. The average molecular weight is 298 g/mol. The fraction of sp³-hybridized carbons (Fsp3) is 0.412. The maximum absolute atomic E-state index is 12.2. The van der Waals surface area contributed by atoms with E-state index in [1.165, 1.54) is 17.7 Å². The Balaban J connectivity index is 1.58. The first-order valence-corrected chi connectivity index (χ1v) is 7.77. The molecule has 1 amide bonds. The number of aromatic nitrogens is 2. The van der Waals surface area contributed by atoms with E-state index in [0.717, 1.165) is 25.2 Å². The van der Waals surface area contributed by atoms with Crippen LogP contribution in [0.4, 0.5) is 5.69 Å². The molecule has 1 aromatic carbocycles. The number of benzene rings is 1. The molecule has 0 bridgehead atoms. The van der Waals surface area contributed by atoms with Gasteiger partial charge in [0, 0.05) is 32.4 Å². The molecule has 1 aliphatic rings. The van der Waals surface area contributed by atoms with Crippen molar-refractivity contribution in [3.63, 3.8) is 0 Å². The van der Waals surface area contributed by atoms with Gasteiger partial charge in [-0.3, -0.25) is 9.48 Å². The van der Waals surface area contributed by atoms with Crippen LogP contribution in [0.5, 0.6) is 0 Å².